The van der Waals surface area contributed by atoms with Crippen molar-refractivity contribution in [3.63, 3.8) is 0 Å². The molecule has 0 saturated heterocycles. The summed E-state index contributed by atoms with van der Waals surface area (Å²) in [4.78, 5) is 33.7. The molecule has 1 aliphatic heterocycles. The van der Waals surface area contributed by atoms with Crippen LogP contribution in [0.4, 0.5) is 26.8 Å². The lowest BCUT2D eigenvalue weighted by Gasteiger charge is -2.24. The minimum atomic E-state index is -0.569. The average molecular weight is 670 g/mol. The Morgan fingerprint density at radius 2 is 1.60 bits per heavy atom. The number of anilines is 3. The van der Waals surface area contributed by atoms with E-state index in [1.165, 1.54) is 10.2 Å². The number of nitrogens with zero attached hydrogens (tertiary/aromatic N) is 5. The summed E-state index contributed by atoms with van der Waals surface area (Å²) in [5.74, 6) is 0.607. The van der Waals surface area contributed by atoms with E-state index in [0.29, 0.717) is 12.4 Å². The van der Waals surface area contributed by atoms with E-state index < -0.39 is 17.3 Å². The first kappa shape index (κ1) is 32.0. The van der Waals surface area contributed by atoms with E-state index in [2.05, 4.69) is 42.4 Å². The smallest absolute Gasteiger partial charge is 0.435 e. The summed E-state index contributed by atoms with van der Waals surface area (Å²) in [6.45, 7) is 11.8. The quantitative estimate of drug-likeness (QED) is 0.217. The van der Waals surface area contributed by atoms with Crippen LogP contribution in [0.15, 0.2) is 71.6 Å². The fourth-order valence-corrected chi connectivity index (χ4v) is 4.61. The Morgan fingerprint density at radius 3 is 2.26 bits per heavy atom. The standard InChI is InChI=1S/C18H18ClN5O2.C13H16BrNO2/c1-18(2,3)26-17(25)24-11-13(10-21-24)12-4-6-14(7-5-12)22-15-8-9-20-16(19)23-15;1-13(2,3)17-12(16)15-7-6-9-8-10(14)4-5-11(9)15/h4-11H,1-3H3,(H,20,22,23);4-5,8H,6-7H2,1-3H3. The Hall–Kier alpha value is -3.96. The summed E-state index contributed by atoms with van der Waals surface area (Å²) in [6.07, 6.45) is 4.95. The molecule has 0 aliphatic carbocycles. The molecule has 1 aliphatic rings. The number of hydrogen-bond donors (Lipinski definition) is 1. The molecule has 0 saturated carbocycles. The maximum atomic E-state index is 12.0. The number of rotatable bonds is 3. The van der Waals surface area contributed by atoms with Crippen molar-refractivity contribution in [1.82, 2.24) is 19.7 Å². The number of carbonyl (C=O) groups is 2. The van der Waals surface area contributed by atoms with Gasteiger partial charge in [0.1, 0.15) is 17.0 Å². The number of amides is 1. The number of fused-ring (bicyclic) bond motifs is 1. The number of ether oxygens (including phenoxy) is 2. The van der Waals surface area contributed by atoms with Crippen LogP contribution in [0.1, 0.15) is 47.1 Å². The number of nitrogens with one attached hydrogen (secondary N) is 1. The zero-order chi connectivity index (χ0) is 31.4. The summed E-state index contributed by atoms with van der Waals surface area (Å²) in [5.41, 5.74) is 3.71. The zero-order valence-corrected chi connectivity index (χ0v) is 27.2. The van der Waals surface area contributed by atoms with Gasteiger partial charge in [-0.2, -0.15) is 9.78 Å². The third-order valence-electron chi connectivity index (χ3n) is 5.83. The van der Waals surface area contributed by atoms with Crippen LogP contribution in [-0.4, -0.2) is 49.7 Å². The normalized spacial score (nSPS) is 12.6. The van der Waals surface area contributed by atoms with Crippen molar-refractivity contribution in [3.8, 4) is 11.1 Å². The monoisotopic (exact) mass is 668 g/mol. The molecule has 0 fully saturated rings. The molecule has 3 heterocycles. The van der Waals surface area contributed by atoms with Gasteiger partial charge >= 0.3 is 12.2 Å². The number of aromatic nitrogens is 4. The molecule has 0 radical (unpaired) electrons. The van der Waals surface area contributed by atoms with Gasteiger partial charge in [-0.05, 0) is 107 Å². The minimum absolute atomic E-state index is 0.182. The molecule has 1 N–H and O–H groups in total. The zero-order valence-electron chi connectivity index (χ0n) is 24.9. The predicted octanol–water partition coefficient (Wildman–Crippen LogP) is 8.27. The van der Waals surface area contributed by atoms with Crippen molar-refractivity contribution in [2.75, 3.05) is 16.8 Å². The third kappa shape index (κ3) is 9.26. The van der Waals surface area contributed by atoms with Crippen LogP contribution in [0.25, 0.3) is 11.1 Å². The minimum Gasteiger partial charge on any atom is -0.443 e. The predicted molar refractivity (Wildman–Crippen MR) is 171 cm³/mol. The van der Waals surface area contributed by atoms with Gasteiger partial charge in [-0.15, -0.1) is 0 Å². The molecule has 0 atom stereocenters. The highest BCUT2D eigenvalue weighted by Gasteiger charge is 2.28. The number of hydrogen-bond acceptors (Lipinski definition) is 8. The van der Waals surface area contributed by atoms with Crippen LogP contribution in [0.3, 0.4) is 0 Å². The maximum absolute atomic E-state index is 12.0. The Balaban J connectivity index is 0.000000215. The fraction of sp³-hybridized carbons (Fsp3) is 0.323. The highest BCUT2D eigenvalue weighted by Crippen LogP contribution is 2.31. The molecule has 226 valence electrons. The lowest BCUT2D eigenvalue weighted by molar-refractivity contribution is 0.0513. The average Bonchev–Trinajstić information content (AvgIpc) is 3.55. The molecule has 5 rings (SSSR count). The van der Waals surface area contributed by atoms with E-state index in [1.807, 2.05) is 77.9 Å². The molecule has 0 unspecified atom stereocenters. The highest BCUT2D eigenvalue weighted by molar-refractivity contribution is 9.10. The highest BCUT2D eigenvalue weighted by atomic mass is 79.9. The van der Waals surface area contributed by atoms with E-state index in [0.717, 1.165) is 33.4 Å². The summed E-state index contributed by atoms with van der Waals surface area (Å²) in [6, 6.07) is 15.3. The van der Waals surface area contributed by atoms with E-state index in [-0.39, 0.29) is 11.4 Å². The molecular formula is C31H34BrClN6O4. The Kier molecular flexibility index (Phi) is 9.76. The molecule has 10 nitrogen and oxygen atoms in total. The lowest BCUT2D eigenvalue weighted by atomic mass is 10.1. The second-order valence-corrected chi connectivity index (χ2v) is 13.0. The van der Waals surface area contributed by atoms with Crippen LogP contribution in [-0.2, 0) is 15.9 Å². The van der Waals surface area contributed by atoms with Gasteiger partial charge in [0.15, 0.2) is 0 Å². The van der Waals surface area contributed by atoms with Gasteiger partial charge in [0.2, 0.25) is 5.28 Å². The molecule has 12 heteroatoms. The van der Waals surface area contributed by atoms with Crippen LogP contribution in [0.2, 0.25) is 5.28 Å². The van der Waals surface area contributed by atoms with Crippen molar-refractivity contribution >= 4 is 56.9 Å². The van der Waals surface area contributed by atoms with Crippen molar-refractivity contribution in [3.05, 3.63) is 82.4 Å². The van der Waals surface area contributed by atoms with E-state index >= 15 is 0 Å². The van der Waals surface area contributed by atoms with Crippen molar-refractivity contribution < 1.29 is 19.1 Å². The van der Waals surface area contributed by atoms with Crippen LogP contribution in [0, 0.1) is 0 Å². The van der Waals surface area contributed by atoms with E-state index in [1.54, 1.807) is 29.6 Å². The fourth-order valence-electron chi connectivity index (χ4n) is 4.06. The van der Waals surface area contributed by atoms with E-state index in [4.69, 9.17) is 21.1 Å². The van der Waals surface area contributed by atoms with Gasteiger partial charge in [0.05, 0.1) is 11.9 Å². The molecule has 0 spiro atoms. The Morgan fingerprint density at radius 1 is 0.930 bits per heavy atom. The lowest BCUT2D eigenvalue weighted by Crippen LogP contribution is -2.35. The first-order valence-electron chi connectivity index (χ1n) is 13.6. The molecule has 0 bridgehead atoms. The molecule has 2 aromatic heterocycles. The van der Waals surface area contributed by atoms with E-state index in [9.17, 15) is 9.59 Å². The first-order valence-corrected chi connectivity index (χ1v) is 14.8. The van der Waals surface area contributed by atoms with Gasteiger partial charge in [0.25, 0.3) is 0 Å². The van der Waals surface area contributed by atoms with Gasteiger partial charge in [-0.25, -0.2) is 19.6 Å². The molecular weight excluding hydrogens is 636 g/mol. The van der Waals surface area contributed by atoms with Crippen molar-refractivity contribution in [2.45, 2.75) is 59.2 Å². The van der Waals surface area contributed by atoms with Crippen LogP contribution < -0.4 is 10.2 Å². The first-order chi connectivity index (χ1) is 20.2. The molecule has 1 amide bonds. The number of halogens is 2. The summed E-state index contributed by atoms with van der Waals surface area (Å²) < 4.78 is 12.9. The molecule has 4 aromatic rings. The number of carbonyl (C=O) groups excluding carboxylic acids is 2. The third-order valence-corrected chi connectivity index (χ3v) is 6.51. The maximum Gasteiger partial charge on any atom is 0.435 e. The molecule has 43 heavy (non-hydrogen) atoms. The second kappa shape index (κ2) is 13.1. The van der Waals surface area contributed by atoms with Gasteiger partial charge < -0.3 is 14.8 Å². The largest absolute Gasteiger partial charge is 0.443 e. The van der Waals surface area contributed by atoms with Crippen LogP contribution >= 0.6 is 27.5 Å². The Labute approximate surface area is 264 Å². The summed E-state index contributed by atoms with van der Waals surface area (Å²) in [7, 11) is 0. The molecule has 2 aromatic carbocycles. The van der Waals surface area contributed by atoms with Crippen molar-refractivity contribution in [1.29, 1.82) is 0 Å². The second-order valence-electron chi connectivity index (χ2n) is 11.7. The topological polar surface area (TPSA) is 111 Å². The SMILES string of the molecule is CC(C)(C)OC(=O)N1CCc2cc(Br)ccc21.CC(C)(C)OC(=O)n1cc(-c2ccc(Nc3ccnc(Cl)n3)cc2)cn1. The van der Waals surface area contributed by atoms with Gasteiger partial charge in [0, 0.05) is 34.7 Å². The van der Waals surface area contributed by atoms with Gasteiger partial charge in [-0.1, -0.05) is 28.1 Å². The van der Waals surface area contributed by atoms with Crippen molar-refractivity contribution in [2.24, 2.45) is 0 Å². The summed E-state index contributed by atoms with van der Waals surface area (Å²) >= 11 is 9.21. The van der Waals surface area contributed by atoms with Gasteiger partial charge in [-0.3, -0.25) is 4.90 Å². The number of benzene rings is 2. The van der Waals surface area contributed by atoms with Crippen LogP contribution in [0.5, 0.6) is 0 Å². The Bertz CT molecular complexity index is 1600. The summed E-state index contributed by atoms with van der Waals surface area (Å²) in [5, 5.41) is 7.40.